The molecule has 0 unspecified atom stereocenters. The lowest BCUT2D eigenvalue weighted by Crippen LogP contribution is -2.39. The second kappa shape index (κ2) is 3.77. The van der Waals surface area contributed by atoms with Gasteiger partial charge in [-0.05, 0) is 26.0 Å². The standard InChI is InChI=1S/C13H15N3O/c1-9-15-11-6-5-10(7-12(11)17-9)16(4)13(2,3)8-14/h5-7H,1-4H3. The van der Waals surface area contributed by atoms with Gasteiger partial charge in [0.2, 0.25) is 0 Å². The number of nitriles is 1. The molecule has 0 amide bonds. The molecule has 1 aromatic heterocycles. The third-order valence-electron chi connectivity index (χ3n) is 2.98. The Morgan fingerprint density at radius 3 is 2.76 bits per heavy atom. The summed E-state index contributed by atoms with van der Waals surface area (Å²) >= 11 is 0. The first-order chi connectivity index (χ1) is 7.94. The third kappa shape index (κ3) is 1.96. The van der Waals surface area contributed by atoms with E-state index in [1.165, 1.54) is 0 Å². The maximum atomic E-state index is 9.12. The van der Waals surface area contributed by atoms with Gasteiger partial charge in [-0.15, -0.1) is 0 Å². The number of rotatable bonds is 2. The normalized spacial score (nSPS) is 11.5. The van der Waals surface area contributed by atoms with E-state index in [1.54, 1.807) is 0 Å². The molecule has 0 aliphatic rings. The Morgan fingerprint density at radius 1 is 1.41 bits per heavy atom. The molecule has 1 aromatic carbocycles. The first-order valence-corrected chi connectivity index (χ1v) is 5.46. The van der Waals surface area contributed by atoms with E-state index >= 15 is 0 Å². The molecule has 0 radical (unpaired) electrons. The van der Waals surface area contributed by atoms with Gasteiger partial charge in [0.15, 0.2) is 11.5 Å². The van der Waals surface area contributed by atoms with Gasteiger partial charge < -0.3 is 9.32 Å². The van der Waals surface area contributed by atoms with Gasteiger partial charge in [-0.2, -0.15) is 5.26 Å². The van der Waals surface area contributed by atoms with Crippen molar-refractivity contribution in [1.29, 1.82) is 5.26 Å². The summed E-state index contributed by atoms with van der Waals surface area (Å²) in [7, 11) is 1.90. The van der Waals surface area contributed by atoms with E-state index < -0.39 is 5.54 Å². The molecule has 17 heavy (non-hydrogen) atoms. The summed E-state index contributed by atoms with van der Waals surface area (Å²) in [6.07, 6.45) is 0. The molecule has 0 atom stereocenters. The Hall–Kier alpha value is -2.02. The quantitative estimate of drug-likeness (QED) is 0.794. The lowest BCUT2D eigenvalue weighted by Gasteiger charge is -2.31. The Kier molecular flexibility index (Phi) is 2.55. The second-order valence-electron chi connectivity index (χ2n) is 4.61. The van der Waals surface area contributed by atoms with Crippen molar-refractivity contribution in [2.45, 2.75) is 26.3 Å². The molecule has 0 spiro atoms. The Balaban J connectivity index is 2.46. The van der Waals surface area contributed by atoms with E-state index in [-0.39, 0.29) is 0 Å². The van der Waals surface area contributed by atoms with Gasteiger partial charge in [-0.3, -0.25) is 0 Å². The van der Waals surface area contributed by atoms with Crippen LogP contribution in [0.5, 0.6) is 0 Å². The van der Waals surface area contributed by atoms with Gasteiger partial charge in [0.25, 0.3) is 0 Å². The van der Waals surface area contributed by atoms with E-state index in [0.29, 0.717) is 5.89 Å². The Bertz CT molecular complexity index is 592. The molecule has 2 aromatic rings. The van der Waals surface area contributed by atoms with Gasteiger partial charge in [-0.1, -0.05) is 0 Å². The summed E-state index contributed by atoms with van der Waals surface area (Å²) in [4.78, 5) is 6.17. The van der Waals surface area contributed by atoms with Crippen LogP contribution in [0.3, 0.4) is 0 Å². The van der Waals surface area contributed by atoms with Crippen molar-refractivity contribution in [3.8, 4) is 6.07 Å². The lowest BCUT2D eigenvalue weighted by molar-refractivity contribution is 0.560. The van der Waals surface area contributed by atoms with Crippen molar-refractivity contribution in [2.24, 2.45) is 0 Å². The number of hydrogen-bond donors (Lipinski definition) is 0. The number of hydrogen-bond acceptors (Lipinski definition) is 4. The van der Waals surface area contributed by atoms with Crippen LogP contribution < -0.4 is 4.90 Å². The van der Waals surface area contributed by atoms with Gasteiger partial charge in [0.05, 0.1) is 6.07 Å². The Morgan fingerprint density at radius 2 is 2.12 bits per heavy atom. The Labute approximate surface area is 100 Å². The van der Waals surface area contributed by atoms with E-state index in [2.05, 4.69) is 11.1 Å². The zero-order chi connectivity index (χ0) is 12.6. The molecule has 0 saturated heterocycles. The molecule has 0 saturated carbocycles. The minimum Gasteiger partial charge on any atom is -0.441 e. The maximum Gasteiger partial charge on any atom is 0.192 e. The van der Waals surface area contributed by atoms with Gasteiger partial charge in [-0.25, -0.2) is 4.98 Å². The van der Waals surface area contributed by atoms with Crippen LogP contribution in [-0.4, -0.2) is 17.6 Å². The number of anilines is 1. The zero-order valence-corrected chi connectivity index (χ0v) is 10.5. The lowest BCUT2D eigenvalue weighted by atomic mass is 10.1. The van der Waals surface area contributed by atoms with Gasteiger partial charge in [0, 0.05) is 25.7 Å². The number of aromatic nitrogens is 1. The molecule has 0 fully saturated rings. The second-order valence-corrected chi connectivity index (χ2v) is 4.61. The van der Waals surface area contributed by atoms with Crippen LogP contribution in [0.2, 0.25) is 0 Å². The molecular formula is C13H15N3O. The van der Waals surface area contributed by atoms with Crippen LogP contribution in [0, 0.1) is 18.3 Å². The molecule has 88 valence electrons. The van der Waals surface area contributed by atoms with Crippen molar-refractivity contribution < 1.29 is 4.42 Å². The summed E-state index contributed by atoms with van der Waals surface area (Å²) in [5, 5.41) is 9.12. The van der Waals surface area contributed by atoms with Crippen LogP contribution in [0.4, 0.5) is 5.69 Å². The first kappa shape index (κ1) is 11.5. The summed E-state index contributed by atoms with van der Waals surface area (Å²) < 4.78 is 5.48. The number of benzene rings is 1. The number of fused-ring (bicyclic) bond motifs is 1. The average molecular weight is 229 g/mol. The highest BCUT2D eigenvalue weighted by atomic mass is 16.3. The average Bonchev–Trinajstić information content (AvgIpc) is 2.66. The molecule has 0 aliphatic heterocycles. The minimum absolute atomic E-state index is 0.553. The highest BCUT2D eigenvalue weighted by molar-refractivity contribution is 5.77. The predicted molar refractivity (Wildman–Crippen MR) is 66.8 cm³/mol. The van der Waals surface area contributed by atoms with E-state index in [9.17, 15) is 0 Å². The fourth-order valence-corrected chi connectivity index (χ4v) is 1.63. The van der Waals surface area contributed by atoms with Crippen LogP contribution in [0.25, 0.3) is 11.1 Å². The topological polar surface area (TPSA) is 53.1 Å². The SMILES string of the molecule is Cc1nc2ccc(N(C)C(C)(C)C#N)cc2o1. The van der Waals surface area contributed by atoms with Crippen LogP contribution in [0.15, 0.2) is 22.6 Å². The largest absolute Gasteiger partial charge is 0.441 e. The highest BCUT2D eigenvalue weighted by Gasteiger charge is 2.23. The monoisotopic (exact) mass is 229 g/mol. The van der Waals surface area contributed by atoms with Crippen molar-refractivity contribution in [1.82, 2.24) is 4.98 Å². The molecule has 4 heteroatoms. The number of aryl methyl sites for hydroxylation is 1. The van der Waals surface area contributed by atoms with Crippen LogP contribution in [0.1, 0.15) is 19.7 Å². The first-order valence-electron chi connectivity index (χ1n) is 5.46. The summed E-state index contributed by atoms with van der Waals surface area (Å²) in [6, 6.07) is 8.04. The maximum absolute atomic E-state index is 9.12. The van der Waals surface area contributed by atoms with Crippen molar-refractivity contribution in [2.75, 3.05) is 11.9 Å². The van der Waals surface area contributed by atoms with Crippen molar-refractivity contribution >= 4 is 16.8 Å². The predicted octanol–water partition coefficient (Wildman–Crippen LogP) is 2.87. The number of oxazole rings is 1. The van der Waals surface area contributed by atoms with Crippen molar-refractivity contribution in [3.63, 3.8) is 0 Å². The molecule has 0 aliphatic carbocycles. The zero-order valence-electron chi connectivity index (χ0n) is 10.5. The fraction of sp³-hybridized carbons (Fsp3) is 0.385. The van der Waals surface area contributed by atoms with Gasteiger partial charge >= 0.3 is 0 Å². The van der Waals surface area contributed by atoms with E-state index in [0.717, 1.165) is 16.8 Å². The highest BCUT2D eigenvalue weighted by Crippen LogP contribution is 2.26. The molecule has 2 rings (SSSR count). The third-order valence-corrected chi connectivity index (χ3v) is 2.98. The molecule has 0 N–H and O–H groups in total. The van der Waals surface area contributed by atoms with E-state index in [4.69, 9.17) is 9.68 Å². The van der Waals surface area contributed by atoms with Crippen LogP contribution >= 0.6 is 0 Å². The smallest absolute Gasteiger partial charge is 0.192 e. The molecule has 0 bridgehead atoms. The summed E-state index contributed by atoms with van der Waals surface area (Å²) in [5.41, 5.74) is 1.98. The van der Waals surface area contributed by atoms with E-state index in [1.807, 2.05) is 50.9 Å². The van der Waals surface area contributed by atoms with Crippen LogP contribution in [-0.2, 0) is 0 Å². The molecule has 1 heterocycles. The molecular weight excluding hydrogens is 214 g/mol. The fourth-order valence-electron chi connectivity index (χ4n) is 1.63. The number of nitrogens with zero attached hydrogens (tertiary/aromatic N) is 3. The molecule has 4 nitrogen and oxygen atoms in total. The van der Waals surface area contributed by atoms with Gasteiger partial charge in [0.1, 0.15) is 11.1 Å². The minimum atomic E-state index is -0.553. The summed E-state index contributed by atoms with van der Waals surface area (Å²) in [5.74, 6) is 0.652. The van der Waals surface area contributed by atoms with Crippen molar-refractivity contribution in [3.05, 3.63) is 24.1 Å². The summed E-state index contributed by atoms with van der Waals surface area (Å²) in [6.45, 7) is 5.58.